The van der Waals surface area contributed by atoms with Crippen LogP contribution in [0.15, 0.2) is 47.4 Å². The summed E-state index contributed by atoms with van der Waals surface area (Å²) in [6, 6.07) is 11.3. The topological polar surface area (TPSA) is 83.6 Å². The molecule has 0 spiro atoms. The number of nitrogens with zero attached hydrogens (tertiary/aromatic N) is 1. The van der Waals surface area contributed by atoms with Crippen LogP contribution in [0, 0.1) is 0 Å². The average Bonchev–Trinajstić information content (AvgIpc) is 2.55. The predicted octanol–water partition coefficient (Wildman–Crippen LogP) is 1.31. The van der Waals surface area contributed by atoms with Gasteiger partial charge in [-0.1, -0.05) is 30.3 Å². The van der Waals surface area contributed by atoms with Gasteiger partial charge in [-0.15, -0.1) is 0 Å². The molecule has 0 radical (unpaired) electrons. The standard InChI is InChI=1S/C17H18N2O4S/c1-12(20)10-16-17(21)18-8-9-19(16)24(22,23)15-7-6-13-4-2-3-5-14(13)11-15/h2-7,11,16H,8-10H2,1H3,(H,18,21). The maximum atomic E-state index is 13.0. The minimum Gasteiger partial charge on any atom is -0.353 e. The molecule has 0 aliphatic carbocycles. The molecule has 0 aromatic heterocycles. The number of sulfonamides is 1. The molecule has 24 heavy (non-hydrogen) atoms. The van der Waals surface area contributed by atoms with E-state index in [2.05, 4.69) is 5.32 Å². The normalized spacial score (nSPS) is 19.2. The van der Waals surface area contributed by atoms with Crippen LogP contribution < -0.4 is 5.32 Å². The van der Waals surface area contributed by atoms with Crippen molar-refractivity contribution >= 4 is 32.5 Å². The maximum Gasteiger partial charge on any atom is 0.243 e. The first-order valence-corrected chi connectivity index (χ1v) is 9.11. The average molecular weight is 346 g/mol. The lowest BCUT2D eigenvalue weighted by atomic mass is 10.1. The molecule has 1 unspecified atom stereocenters. The van der Waals surface area contributed by atoms with Crippen LogP contribution >= 0.6 is 0 Å². The van der Waals surface area contributed by atoms with E-state index in [0.29, 0.717) is 0 Å². The van der Waals surface area contributed by atoms with Crippen LogP contribution in [0.4, 0.5) is 0 Å². The summed E-state index contributed by atoms with van der Waals surface area (Å²) in [6.45, 7) is 1.74. The molecule has 1 atom stereocenters. The first-order chi connectivity index (χ1) is 11.4. The summed E-state index contributed by atoms with van der Waals surface area (Å²) in [4.78, 5) is 23.6. The van der Waals surface area contributed by atoms with Crippen LogP contribution in [0.3, 0.4) is 0 Å². The quantitative estimate of drug-likeness (QED) is 0.905. The largest absolute Gasteiger partial charge is 0.353 e. The van der Waals surface area contributed by atoms with Crippen LogP contribution in [0.1, 0.15) is 13.3 Å². The van der Waals surface area contributed by atoms with Gasteiger partial charge in [0.05, 0.1) is 4.90 Å². The van der Waals surface area contributed by atoms with Crippen molar-refractivity contribution in [3.63, 3.8) is 0 Å². The number of hydrogen-bond donors (Lipinski definition) is 1. The molecule has 1 N–H and O–H groups in total. The highest BCUT2D eigenvalue weighted by Gasteiger charge is 2.39. The molecule has 126 valence electrons. The summed E-state index contributed by atoms with van der Waals surface area (Å²) in [5.74, 6) is -0.656. The number of fused-ring (bicyclic) bond motifs is 1. The second-order valence-electron chi connectivity index (χ2n) is 5.84. The lowest BCUT2D eigenvalue weighted by Gasteiger charge is -2.33. The van der Waals surface area contributed by atoms with Gasteiger partial charge in [0.15, 0.2) is 0 Å². The van der Waals surface area contributed by atoms with Gasteiger partial charge in [-0.3, -0.25) is 9.59 Å². The van der Waals surface area contributed by atoms with E-state index < -0.39 is 22.0 Å². The van der Waals surface area contributed by atoms with Gasteiger partial charge in [0.25, 0.3) is 0 Å². The molecular formula is C17H18N2O4S. The summed E-state index contributed by atoms with van der Waals surface area (Å²) in [6.07, 6.45) is -0.126. The number of ketones is 1. The van der Waals surface area contributed by atoms with Crippen molar-refractivity contribution in [2.45, 2.75) is 24.3 Å². The van der Waals surface area contributed by atoms with E-state index >= 15 is 0 Å². The molecule has 7 heteroatoms. The molecule has 2 aromatic carbocycles. The zero-order valence-electron chi connectivity index (χ0n) is 13.2. The number of benzene rings is 2. The number of Topliss-reactive ketones (excluding diaryl/α,β-unsaturated/α-hetero) is 1. The van der Waals surface area contributed by atoms with Crippen LogP contribution in [-0.4, -0.2) is 43.5 Å². The SMILES string of the molecule is CC(=O)CC1C(=O)NCCN1S(=O)(=O)c1ccc2ccccc2c1. The van der Waals surface area contributed by atoms with E-state index in [1.807, 2.05) is 24.3 Å². The number of amides is 1. The number of rotatable bonds is 4. The van der Waals surface area contributed by atoms with Gasteiger partial charge in [-0.25, -0.2) is 8.42 Å². The molecule has 1 fully saturated rings. The number of hydrogen-bond acceptors (Lipinski definition) is 4. The van der Waals surface area contributed by atoms with E-state index in [1.54, 1.807) is 12.1 Å². The Balaban J connectivity index is 2.03. The zero-order valence-corrected chi connectivity index (χ0v) is 14.0. The minimum absolute atomic E-state index is 0.126. The van der Waals surface area contributed by atoms with Crippen molar-refractivity contribution < 1.29 is 18.0 Å². The lowest BCUT2D eigenvalue weighted by molar-refractivity contribution is -0.130. The fourth-order valence-electron chi connectivity index (χ4n) is 2.91. The minimum atomic E-state index is -3.86. The van der Waals surface area contributed by atoms with Crippen molar-refractivity contribution in [3.8, 4) is 0 Å². The molecule has 3 rings (SSSR count). The molecule has 1 heterocycles. The molecule has 1 aliphatic rings. The maximum absolute atomic E-state index is 13.0. The van der Waals surface area contributed by atoms with Crippen LogP contribution in [-0.2, 0) is 19.6 Å². The Bertz CT molecular complexity index is 908. The number of carbonyl (C=O) groups excluding carboxylic acids is 2. The third kappa shape index (κ3) is 3.05. The fourth-order valence-corrected chi connectivity index (χ4v) is 4.54. The van der Waals surface area contributed by atoms with E-state index in [1.165, 1.54) is 13.0 Å². The molecule has 0 bridgehead atoms. The molecule has 6 nitrogen and oxygen atoms in total. The van der Waals surface area contributed by atoms with E-state index in [4.69, 9.17) is 0 Å². The Labute approximate surface area is 140 Å². The lowest BCUT2D eigenvalue weighted by Crippen LogP contribution is -2.57. The molecule has 2 aromatic rings. The first-order valence-electron chi connectivity index (χ1n) is 7.67. The second-order valence-corrected chi connectivity index (χ2v) is 7.73. The number of piperazine rings is 1. The third-order valence-electron chi connectivity index (χ3n) is 4.09. The smallest absolute Gasteiger partial charge is 0.243 e. The summed E-state index contributed by atoms with van der Waals surface area (Å²) in [7, 11) is -3.86. The Morgan fingerprint density at radius 1 is 1.21 bits per heavy atom. The highest BCUT2D eigenvalue weighted by atomic mass is 32.2. The van der Waals surface area contributed by atoms with Crippen LogP contribution in [0.2, 0.25) is 0 Å². The summed E-state index contributed by atoms with van der Waals surface area (Å²) in [5, 5.41) is 4.37. The van der Waals surface area contributed by atoms with Crippen molar-refractivity contribution in [3.05, 3.63) is 42.5 Å². The highest BCUT2D eigenvalue weighted by Crippen LogP contribution is 2.25. The summed E-state index contributed by atoms with van der Waals surface area (Å²) < 4.78 is 27.1. The Kier molecular flexibility index (Phi) is 4.38. The van der Waals surface area contributed by atoms with Gasteiger partial charge in [0.2, 0.25) is 15.9 Å². The summed E-state index contributed by atoms with van der Waals surface area (Å²) >= 11 is 0. The zero-order chi connectivity index (χ0) is 17.3. The van der Waals surface area contributed by atoms with E-state index in [9.17, 15) is 18.0 Å². The van der Waals surface area contributed by atoms with Gasteiger partial charge in [0.1, 0.15) is 11.8 Å². The van der Waals surface area contributed by atoms with E-state index in [-0.39, 0.29) is 30.2 Å². The fraction of sp³-hybridized carbons (Fsp3) is 0.294. The van der Waals surface area contributed by atoms with Crippen molar-refractivity contribution in [2.75, 3.05) is 13.1 Å². The Hall–Kier alpha value is -2.25. The molecular weight excluding hydrogens is 328 g/mol. The molecule has 1 saturated heterocycles. The third-order valence-corrected chi connectivity index (χ3v) is 5.99. The van der Waals surface area contributed by atoms with Crippen LogP contribution in [0.5, 0.6) is 0 Å². The highest BCUT2D eigenvalue weighted by molar-refractivity contribution is 7.89. The van der Waals surface area contributed by atoms with Gasteiger partial charge in [-0.05, 0) is 29.8 Å². The Morgan fingerprint density at radius 2 is 1.92 bits per heavy atom. The van der Waals surface area contributed by atoms with E-state index in [0.717, 1.165) is 15.1 Å². The monoisotopic (exact) mass is 346 g/mol. The van der Waals surface area contributed by atoms with Crippen molar-refractivity contribution in [1.82, 2.24) is 9.62 Å². The second kappa shape index (κ2) is 6.33. The first kappa shape index (κ1) is 16.6. The predicted molar refractivity (Wildman–Crippen MR) is 89.9 cm³/mol. The molecule has 0 saturated carbocycles. The van der Waals surface area contributed by atoms with Gasteiger partial charge in [0, 0.05) is 19.5 Å². The van der Waals surface area contributed by atoms with Crippen LogP contribution in [0.25, 0.3) is 10.8 Å². The van der Waals surface area contributed by atoms with Crippen molar-refractivity contribution in [1.29, 1.82) is 0 Å². The number of nitrogens with one attached hydrogen (secondary N) is 1. The van der Waals surface area contributed by atoms with Gasteiger partial charge >= 0.3 is 0 Å². The molecule has 1 amide bonds. The van der Waals surface area contributed by atoms with Crippen molar-refractivity contribution in [2.24, 2.45) is 0 Å². The van der Waals surface area contributed by atoms with Gasteiger partial charge < -0.3 is 5.32 Å². The number of carbonyl (C=O) groups is 2. The Morgan fingerprint density at radius 3 is 2.62 bits per heavy atom. The summed E-state index contributed by atoms with van der Waals surface area (Å²) in [5.41, 5.74) is 0. The van der Waals surface area contributed by atoms with Gasteiger partial charge in [-0.2, -0.15) is 4.31 Å². The molecule has 1 aliphatic heterocycles.